The second-order valence-electron chi connectivity index (χ2n) is 18.1. The number of allylic oxidation sites excluding steroid dienone is 16. The van der Waals surface area contributed by atoms with Crippen LogP contribution in [-0.4, -0.2) is 49.3 Å². The number of carbonyl (C=O) groups excluding carboxylic acids is 2. The molecule has 0 aliphatic carbocycles. The smallest absolute Gasteiger partial charge is 0.462 e. The van der Waals surface area contributed by atoms with Gasteiger partial charge in [0.15, 0.2) is 6.10 Å². The predicted octanol–water partition coefficient (Wildman–Crippen LogP) is 17.3. The van der Waals surface area contributed by atoms with Gasteiger partial charge in [0, 0.05) is 19.4 Å². The van der Waals surface area contributed by atoms with Crippen LogP contribution in [0.4, 0.5) is 0 Å². The number of rotatable bonds is 51. The summed E-state index contributed by atoms with van der Waals surface area (Å²) in [4.78, 5) is 35.1. The van der Waals surface area contributed by atoms with Crippen LogP contribution in [0.25, 0.3) is 0 Å². The van der Waals surface area contributed by atoms with Crippen molar-refractivity contribution >= 4 is 19.8 Å². The SMILES string of the molecule is CC/C=C\C/C=C\C/C=C\C/C=C\C/C=C\C/C=C\CCCCCCCCCCCCC(=O)OC(COC(=O)CCCCCCCCCCC/C=C\C/C=C\CCCCC)COP(=O)(O)OCCN. The van der Waals surface area contributed by atoms with Gasteiger partial charge in [0.1, 0.15) is 6.61 Å². The Morgan fingerprint density at radius 3 is 1.19 bits per heavy atom. The van der Waals surface area contributed by atoms with Crippen molar-refractivity contribution in [2.45, 2.75) is 238 Å². The summed E-state index contributed by atoms with van der Waals surface area (Å²) >= 11 is 0. The molecule has 0 rings (SSSR count). The van der Waals surface area contributed by atoms with Gasteiger partial charge in [-0.1, -0.05) is 220 Å². The average Bonchev–Trinajstić information content (AvgIpc) is 3.34. The second-order valence-corrected chi connectivity index (χ2v) is 19.5. The van der Waals surface area contributed by atoms with Crippen LogP contribution in [0.5, 0.6) is 0 Å². The predicted molar refractivity (Wildman–Crippen MR) is 293 cm³/mol. The monoisotopic (exact) mass is 984 g/mol. The first-order valence-corrected chi connectivity index (χ1v) is 29.2. The number of phosphoric acid groups is 1. The first kappa shape index (κ1) is 65.9. The second kappa shape index (κ2) is 54.3. The Hall–Kier alpha value is -3.07. The highest BCUT2D eigenvalue weighted by Crippen LogP contribution is 2.43. The van der Waals surface area contributed by atoms with Crippen molar-refractivity contribution in [3.8, 4) is 0 Å². The van der Waals surface area contributed by atoms with E-state index in [0.717, 1.165) is 103 Å². The highest BCUT2D eigenvalue weighted by Gasteiger charge is 2.26. The van der Waals surface area contributed by atoms with Crippen molar-refractivity contribution < 1.29 is 37.6 Å². The summed E-state index contributed by atoms with van der Waals surface area (Å²) in [6, 6.07) is 0. The normalized spacial score (nSPS) is 13.9. The molecule has 3 N–H and O–H groups in total. The van der Waals surface area contributed by atoms with Crippen LogP contribution in [0, 0.1) is 0 Å². The van der Waals surface area contributed by atoms with Crippen molar-refractivity contribution in [3.63, 3.8) is 0 Å². The van der Waals surface area contributed by atoms with Crippen LogP contribution in [0.2, 0.25) is 0 Å². The molecule has 0 spiro atoms. The molecule has 0 radical (unpaired) electrons. The molecule has 0 fully saturated rings. The lowest BCUT2D eigenvalue weighted by Gasteiger charge is -2.19. The van der Waals surface area contributed by atoms with E-state index in [4.69, 9.17) is 24.3 Å². The summed E-state index contributed by atoms with van der Waals surface area (Å²) < 4.78 is 33.0. The molecular formula is C59H102NO8P. The summed E-state index contributed by atoms with van der Waals surface area (Å²) in [5.41, 5.74) is 5.38. The van der Waals surface area contributed by atoms with Gasteiger partial charge in [0.05, 0.1) is 13.2 Å². The molecule has 0 amide bonds. The molecule has 2 atom stereocenters. The standard InChI is InChI=1S/C59H102NO8P/c1-3-5-7-9-11-13-15-17-19-21-23-24-25-26-27-28-29-30-31-32-34-36-38-40-42-44-46-48-50-52-59(62)68-57(56-67-69(63,64)66-54-53-60)55-65-58(61)51-49-47-45-43-41-39-37-35-33-22-20-18-16-14-12-10-8-6-4-2/h5,7,11-14,17-20,23-24,26-27,29-30,57H,3-4,6,8-10,15-16,21-22,25,28,31-56,60H2,1-2H3,(H,63,64)/b7-5-,13-11-,14-12-,19-17-,20-18-,24-23-,27-26-,30-29-. The number of hydrogen-bond donors (Lipinski definition) is 2. The largest absolute Gasteiger partial charge is 0.472 e. The van der Waals surface area contributed by atoms with Crippen molar-refractivity contribution in [2.24, 2.45) is 5.73 Å². The highest BCUT2D eigenvalue weighted by molar-refractivity contribution is 7.47. The van der Waals surface area contributed by atoms with Crippen molar-refractivity contribution in [3.05, 3.63) is 97.2 Å². The molecule has 0 bridgehead atoms. The molecule has 0 aromatic rings. The third-order valence-electron chi connectivity index (χ3n) is 11.5. The molecule has 0 saturated carbocycles. The number of carbonyl (C=O) groups is 2. The van der Waals surface area contributed by atoms with Crippen LogP contribution in [0.15, 0.2) is 97.2 Å². The molecule has 0 saturated heterocycles. The Morgan fingerprint density at radius 1 is 0.449 bits per heavy atom. The first-order valence-electron chi connectivity index (χ1n) is 27.7. The maximum atomic E-state index is 12.7. The third kappa shape index (κ3) is 54.1. The topological polar surface area (TPSA) is 134 Å². The zero-order chi connectivity index (χ0) is 50.2. The third-order valence-corrected chi connectivity index (χ3v) is 12.4. The van der Waals surface area contributed by atoms with Gasteiger partial charge >= 0.3 is 19.8 Å². The minimum Gasteiger partial charge on any atom is -0.462 e. The number of esters is 2. The van der Waals surface area contributed by atoms with Crippen LogP contribution in [0.1, 0.15) is 232 Å². The van der Waals surface area contributed by atoms with Gasteiger partial charge < -0.3 is 20.1 Å². The fourth-order valence-electron chi connectivity index (χ4n) is 7.37. The van der Waals surface area contributed by atoms with Crippen molar-refractivity contribution in [1.82, 2.24) is 0 Å². The minimum absolute atomic E-state index is 0.0478. The lowest BCUT2D eigenvalue weighted by molar-refractivity contribution is -0.161. The van der Waals surface area contributed by atoms with Gasteiger partial charge in [0.2, 0.25) is 0 Å². The molecule has 0 aromatic carbocycles. The van der Waals surface area contributed by atoms with E-state index >= 15 is 0 Å². The van der Waals surface area contributed by atoms with E-state index in [-0.39, 0.29) is 38.6 Å². The van der Waals surface area contributed by atoms with Gasteiger partial charge in [0.25, 0.3) is 0 Å². The number of phosphoric ester groups is 1. The van der Waals surface area contributed by atoms with E-state index in [2.05, 4.69) is 111 Å². The van der Waals surface area contributed by atoms with Gasteiger partial charge in [-0.15, -0.1) is 0 Å². The minimum atomic E-state index is -4.39. The van der Waals surface area contributed by atoms with E-state index in [1.807, 2.05) is 0 Å². The zero-order valence-electron chi connectivity index (χ0n) is 44.0. The van der Waals surface area contributed by atoms with Gasteiger partial charge in [-0.05, 0) is 96.3 Å². The molecule has 10 heteroatoms. The van der Waals surface area contributed by atoms with Crippen molar-refractivity contribution in [2.75, 3.05) is 26.4 Å². The maximum Gasteiger partial charge on any atom is 0.472 e. The molecule has 69 heavy (non-hydrogen) atoms. The number of hydrogen-bond acceptors (Lipinski definition) is 8. The molecule has 2 unspecified atom stereocenters. The Bertz CT molecular complexity index is 1450. The molecule has 0 aliphatic rings. The van der Waals surface area contributed by atoms with Crippen LogP contribution >= 0.6 is 7.82 Å². The highest BCUT2D eigenvalue weighted by atomic mass is 31.2. The lowest BCUT2D eigenvalue weighted by atomic mass is 10.0. The molecule has 9 nitrogen and oxygen atoms in total. The molecule has 0 heterocycles. The molecule has 396 valence electrons. The lowest BCUT2D eigenvalue weighted by Crippen LogP contribution is -2.29. The van der Waals surface area contributed by atoms with Gasteiger partial charge in [-0.25, -0.2) is 4.57 Å². The fourth-order valence-corrected chi connectivity index (χ4v) is 8.14. The van der Waals surface area contributed by atoms with Gasteiger partial charge in [-0.3, -0.25) is 18.6 Å². The Kier molecular flexibility index (Phi) is 51.9. The number of nitrogens with two attached hydrogens (primary N) is 1. The first-order chi connectivity index (χ1) is 33.8. The van der Waals surface area contributed by atoms with Gasteiger partial charge in [-0.2, -0.15) is 0 Å². The van der Waals surface area contributed by atoms with E-state index in [9.17, 15) is 19.0 Å². The average molecular weight is 984 g/mol. The summed E-state index contributed by atoms with van der Waals surface area (Å²) in [7, 11) is -4.39. The van der Waals surface area contributed by atoms with Crippen LogP contribution in [-0.2, 0) is 32.7 Å². The quantitative estimate of drug-likeness (QED) is 0.0264. The Balaban J connectivity index is 4.03. The number of ether oxygens (including phenoxy) is 2. The van der Waals surface area contributed by atoms with Crippen LogP contribution < -0.4 is 5.73 Å². The summed E-state index contributed by atoms with van der Waals surface area (Å²) in [5.74, 6) is -0.840. The molecular weight excluding hydrogens is 882 g/mol. The number of unbranched alkanes of at least 4 members (excludes halogenated alkanes) is 22. The summed E-state index contributed by atoms with van der Waals surface area (Å²) in [6.07, 6.45) is 71.6. The maximum absolute atomic E-state index is 12.7. The van der Waals surface area contributed by atoms with E-state index < -0.39 is 26.5 Å². The zero-order valence-corrected chi connectivity index (χ0v) is 44.9. The Morgan fingerprint density at radius 2 is 0.797 bits per heavy atom. The molecule has 0 aliphatic heterocycles. The van der Waals surface area contributed by atoms with Crippen LogP contribution in [0.3, 0.4) is 0 Å². The van der Waals surface area contributed by atoms with E-state index in [1.54, 1.807) is 0 Å². The molecule has 0 aromatic heterocycles. The van der Waals surface area contributed by atoms with E-state index in [1.165, 1.54) is 96.3 Å². The Labute approximate surface area is 423 Å². The van der Waals surface area contributed by atoms with Crippen molar-refractivity contribution in [1.29, 1.82) is 0 Å². The fraction of sp³-hybridized carbons (Fsp3) is 0.695. The van der Waals surface area contributed by atoms with E-state index in [0.29, 0.717) is 6.42 Å². The summed E-state index contributed by atoms with van der Waals surface area (Å²) in [6.45, 7) is 3.60. The summed E-state index contributed by atoms with van der Waals surface area (Å²) in [5, 5.41) is 0.